The Kier molecular flexibility index (Phi) is 6.23. The van der Waals surface area contributed by atoms with Crippen LogP contribution >= 0.6 is 0 Å². The van der Waals surface area contributed by atoms with Gasteiger partial charge in [-0.25, -0.2) is 14.0 Å². The van der Waals surface area contributed by atoms with Crippen molar-refractivity contribution in [3.63, 3.8) is 0 Å². The molecule has 0 atom stereocenters. The van der Waals surface area contributed by atoms with E-state index in [-0.39, 0.29) is 30.7 Å². The van der Waals surface area contributed by atoms with Gasteiger partial charge in [0.2, 0.25) is 0 Å². The third kappa shape index (κ3) is 4.57. The molecule has 0 unspecified atom stereocenters. The number of aromatic amines is 1. The minimum Gasteiger partial charge on any atom is -0.462 e. The van der Waals surface area contributed by atoms with E-state index in [0.29, 0.717) is 35.6 Å². The van der Waals surface area contributed by atoms with Crippen molar-refractivity contribution < 1.29 is 28.2 Å². The zero-order valence-corrected chi connectivity index (χ0v) is 21.0. The summed E-state index contributed by atoms with van der Waals surface area (Å²) in [6.07, 6.45) is 2.08. The van der Waals surface area contributed by atoms with Gasteiger partial charge in [-0.3, -0.25) is 4.79 Å². The predicted octanol–water partition coefficient (Wildman–Crippen LogP) is 4.85. The van der Waals surface area contributed by atoms with Gasteiger partial charge in [-0.1, -0.05) is 13.8 Å². The summed E-state index contributed by atoms with van der Waals surface area (Å²) in [6, 6.07) is 10.6. The molecular weight excluding hydrogens is 477 g/mol. The second kappa shape index (κ2) is 9.38. The third-order valence-electron chi connectivity index (χ3n) is 6.73. The van der Waals surface area contributed by atoms with Crippen LogP contribution < -0.4 is 4.74 Å². The Morgan fingerprint density at radius 3 is 2.46 bits per heavy atom. The number of benzene rings is 2. The van der Waals surface area contributed by atoms with E-state index in [4.69, 9.17) is 9.47 Å². The Hall–Kier alpha value is -4.14. The number of carbonyl (C=O) groups is 3. The summed E-state index contributed by atoms with van der Waals surface area (Å²) in [5.74, 6) is -0.973. The lowest BCUT2D eigenvalue weighted by atomic mass is 9.81. The monoisotopic (exact) mass is 505 g/mol. The normalized spacial score (nSPS) is 16.4. The molecule has 0 spiro atoms. The van der Waals surface area contributed by atoms with Gasteiger partial charge in [-0.2, -0.15) is 0 Å². The Balaban J connectivity index is 1.58. The highest BCUT2D eigenvalue weighted by atomic mass is 19.1. The van der Waals surface area contributed by atoms with Crippen LogP contribution in [0.5, 0.6) is 5.75 Å². The lowest BCUT2D eigenvalue weighted by Gasteiger charge is -2.30. The average Bonchev–Trinajstić information content (AvgIpc) is 3.14. The molecule has 192 valence electrons. The van der Waals surface area contributed by atoms with Crippen molar-refractivity contribution in [1.29, 1.82) is 0 Å². The van der Waals surface area contributed by atoms with Crippen molar-refractivity contribution in [1.82, 2.24) is 14.8 Å². The minimum atomic E-state index is -0.593. The van der Waals surface area contributed by atoms with Gasteiger partial charge >= 0.3 is 12.1 Å². The van der Waals surface area contributed by atoms with Gasteiger partial charge in [-0.15, -0.1) is 0 Å². The number of esters is 1. The molecule has 9 heteroatoms. The number of H-pyrrole nitrogens is 1. The molecule has 3 heterocycles. The summed E-state index contributed by atoms with van der Waals surface area (Å²) in [6.45, 7) is 7.49. The van der Waals surface area contributed by atoms with Gasteiger partial charge in [-0.05, 0) is 55.3 Å². The number of likely N-dealkylation sites (tertiary alicyclic amines) is 1. The first kappa shape index (κ1) is 24.5. The van der Waals surface area contributed by atoms with Gasteiger partial charge < -0.3 is 24.3 Å². The molecular formula is C28H28FN3O5. The smallest absolute Gasteiger partial charge is 0.415 e. The fourth-order valence-corrected chi connectivity index (χ4v) is 4.83. The van der Waals surface area contributed by atoms with Crippen LogP contribution in [0.25, 0.3) is 16.5 Å². The van der Waals surface area contributed by atoms with E-state index in [2.05, 4.69) is 4.98 Å². The summed E-state index contributed by atoms with van der Waals surface area (Å²) < 4.78 is 24.3. The van der Waals surface area contributed by atoms with E-state index in [1.54, 1.807) is 24.0 Å². The number of carbonyl (C=O) groups excluding carboxylic acids is 3. The first-order chi connectivity index (χ1) is 17.7. The number of hydrogen-bond acceptors (Lipinski definition) is 5. The lowest BCUT2D eigenvalue weighted by Crippen LogP contribution is -2.43. The number of ether oxygens (including phenoxy) is 2. The number of halogens is 1. The topological polar surface area (TPSA) is 91.9 Å². The van der Waals surface area contributed by atoms with Crippen molar-refractivity contribution in [2.75, 3.05) is 26.2 Å². The van der Waals surface area contributed by atoms with E-state index < -0.39 is 17.2 Å². The van der Waals surface area contributed by atoms with Crippen molar-refractivity contribution >= 4 is 34.4 Å². The largest absolute Gasteiger partial charge is 0.462 e. The Morgan fingerprint density at radius 2 is 1.81 bits per heavy atom. The molecule has 0 aliphatic carbocycles. The van der Waals surface area contributed by atoms with Crippen LogP contribution in [0, 0.1) is 5.82 Å². The van der Waals surface area contributed by atoms with Crippen LogP contribution in [-0.4, -0.2) is 59.0 Å². The molecule has 0 bridgehead atoms. The molecule has 3 aromatic rings. The van der Waals surface area contributed by atoms with Crippen LogP contribution in [0.15, 0.2) is 48.7 Å². The molecule has 1 saturated heterocycles. The fourth-order valence-electron chi connectivity index (χ4n) is 4.83. The predicted molar refractivity (Wildman–Crippen MR) is 136 cm³/mol. The fraction of sp³-hybridized carbons (Fsp3) is 0.321. The van der Waals surface area contributed by atoms with Crippen LogP contribution in [0.1, 0.15) is 48.8 Å². The molecule has 0 radical (unpaired) electrons. The minimum absolute atomic E-state index is 0.164. The number of rotatable bonds is 4. The number of nitrogens with zero attached hydrogens (tertiary/aromatic N) is 2. The molecule has 0 saturated carbocycles. The van der Waals surface area contributed by atoms with Crippen LogP contribution in [0.2, 0.25) is 0 Å². The maximum absolute atomic E-state index is 13.4. The molecule has 1 fully saturated rings. The van der Waals surface area contributed by atoms with E-state index in [9.17, 15) is 18.8 Å². The van der Waals surface area contributed by atoms with Crippen molar-refractivity contribution in [3.05, 3.63) is 71.3 Å². The summed E-state index contributed by atoms with van der Waals surface area (Å²) in [5, 5.41) is 0.843. The van der Waals surface area contributed by atoms with E-state index >= 15 is 0 Å². The molecule has 1 aromatic heterocycles. The maximum Gasteiger partial charge on any atom is 0.415 e. The Bertz CT molecular complexity index is 1420. The highest BCUT2D eigenvalue weighted by Crippen LogP contribution is 2.41. The lowest BCUT2D eigenvalue weighted by molar-refractivity contribution is -0.136. The summed E-state index contributed by atoms with van der Waals surface area (Å²) in [7, 11) is 0. The zero-order valence-electron chi connectivity index (χ0n) is 21.0. The Morgan fingerprint density at radius 1 is 1.08 bits per heavy atom. The average molecular weight is 506 g/mol. The maximum atomic E-state index is 13.4. The molecule has 2 aliphatic rings. The van der Waals surface area contributed by atoms with Gasteiger partial charge in [0, 0.05) is 53.8 Å². The highest BCUT2D eigenvalue weighted by molar-refractivity contribution is 6.18. The first-order valence-electron chi connectivity index (χ1n) is 12.3. The summed E-state index contributed by atoms with van der Waals surface area (Å²) in [5.41, 5.74) is 1.99. The number of fused-ring (bicyclic) bond motifs is 3. The molecule has 2 amide bonds. The summed E-state index contributed by atoms with van der Waals surface area (Å²) in [4.78, 5) is 45.2. The number of hydrogen-bond donors (Lipinski definition) is 1. The van der Waals surface area contributed by atoms with Crippen molar-refractivity contribution in [3.8, 4) is 5.75 Å². The van der Waals surface area contributed by atoms with Crippen LogP contribution in [0.4, 0.5) is 9.18 Å². The second-order valence-corrected chi connectivity index (χ2v) is 9.88. The van der Waals surface area contributed by atoms with Crippen LogP contribution in [0.3, 0.4) is 0 Å². The van der Waals surface area contributed by atoms with E-state index in [1.807, 2.05) is 19.9 Å². The number of aromatic nitrogens is 1. The Labute approximate surface area is 213 Å². The van der Waals surface area contributed by atoms with Crippen molar-refractivity contribution in [2.24, 2.45) is 0 Å². The van der Waals surface area contributed by atoms with Gasteiger partial charge in [0.1, 0.15) is 11.6 Å². The summed E-state index contributed by atoms with van der Waals surface area (Å²) >= 11 is 0. The van der Waals surface area contributed by atoms with Gasteiger partial charge in [0.15, 0.2) is 0 Å². The molecule has 2 aromatic carbocycles. The SMILES string of the molecule is CCOC(=O)C1=CN(C(=O)c2ccc(F)cc2)CC(C)(C)c2c1[nH]c1cc(OC(=O)N3CCC3)ccc21. The third-order valence-corrected chi connectivity index (χ3v) is 6.73. The molecule has 37 heavy (non-hydrogen) atoms. The highest BCUT2D eigenvalue weighted by Gasteiger charge is 2.37. The van der Waals surface area contributed by atoms with Gasteiger partial charge in [0.25, 0.3) is 5.91 Å². The van der Waals surface area contributed by atoms with Crippen LogP contribution in [-0.2, 0) is 14.9 Å². The number of nitrogens with one attached hydrogen (secondary N) is 1. The first-order valence-corrected chi connectivity index (χ1v) is 12.3. The van der Waals surface area contributed by atoms with E-state index in [1.165, 1.54) is 35.4 Å². The molecule has 5 rings (SSSR count). The molecule has 2 aliphatic heterocycles. The molecule has 1 N–H and O–H groups in total. The van der Waals surface area contributed by atoms with Crippen molar-refractivity contribution in [2.45, 2.75) is 32.6 Å². The molecule has 8 nitrogen and oxygen atoms in total. The standard InChI is InChI=1S/C28H28FN3O5/c1-4-36-26(34)21-15-32(25(33)17-6-8-18(29)9-7-17)16-28(2,3)23-20-11-10-19(14-22(20)30-24(21)23)37-27(35)31-12-5-13-31/h6-11,14-15,30H,4-5,12-13,16H2,1-3H3. The quantitative estimate of drug-likeness (QED) is 0.512. The number of amides is 2. The van der Waals surface area contributed by atoms with E-state index in [0.717, 1.165) is 17.4 Å². The van der Waals surface area contributed by atoms with Gasteiger partial charge in [0.05, 0.1) is 17.9 Å². The zero-order chi connectivity index (χ0) is 26.3. The second-order valence-electron chi connectivity index (χ2n) is 9.88.